The highest BCUT2D eigenvalue weighted by Crippen LogP contribution is 2.29. The van der Waals surface area contributed by atoms with Crippen molar-refractivity contribution < 1.29 is 8.42 Å². The minimum Gasteiger partial charge on any atom is -0.265 e. The molecule has 0 N–H and O–H groups in total. The van der Waals surface area contributed by atoms with Gasteiger partial charge in [0.05, 0.1) is 10.6 Å². The fourth-order valence-corrected chi connectivity index (χ4v) is 4.53. The standard InChI is InChI=1S/C25H25NO2S/c1-3-4-20-26(29(27,28)24-18-14-21(2)15-19-24)25-13-9-8-12-23(25)17-16-22-10-6-5-7-11-22/h3,5-19H,1,4,20H2,2H3. The number of rotatable bonds is 8. The maximum atomic E-state index is 13.4. The van der Waals surface area contributed by atoms with Crippen LogP contribution in [0.15, 0.2) is 96.4 Å². The minimum absolute atomic E-state index is 0.286. The Morgan fingerprint density at radius 3 is 2.21 bits per heavy atom. The molecule has 0 spiro atoms. The molecule has 148 valence electrons. The molecular formula is C25H25NO2S. The van der Waals surface area contributed by atoms with Crippen molar-refractivity contribution in [2.75, 3.05) is 10.8 Å². The molecule has 3 aromatic carbocycles. The Kier molecular flexibility index (Phi) is 6.68. The van der Waals surface area contributed by atoms with Crippen LogP contribution in [0.5, 0.6) is 0 Å². The Hall–Kier alpha value is -3.11. The number of hydrogen-bond acceptors (Lipinski definition) is 2. The lowest BCUT2D eigenvalue weighted by Gasteiger charge is -2.26. The van der Waals surface area contributed by atoms with Gasteiger partial charge < -0.3 is 0 Å². The summed E-state index contributed by atoms with van der Waals surface area (Å²) in [6.07, 6.45) is 6.24. The third kappa shape index (κ3) is 5.04. The Morgan fingerprint density at radius 2 is 1.52 bits per heavy atom. The lowest BCUT2D eigenvalue weighted by molar-refractivity contribution is 0.591. The van der Waals surface area contributed by atoms with Crippen molar-refractivity contribution in [3.05, 3.63) is 108 Å². The summed E-state index contributed by atoms with van der Waals surface area (Å²) in [4.78, 5) is 0.286. The second-order valence-electron chi connectivity index (χ2n) is 6.77. The highest BCUT2D eigenvalue weighted by molar-refractivity contribution is 7.92. The molecule has 3 rings (SSSR count). The molecule has 0 saturated heterocycles. The molecule has 0 aromatic heterocycles. The third-order valence-corrected chi connectivity index (χ3v) is 6.43. The van der Waals surface area contributed by atoms with Gasteiger partial charge in [-0.25, -0.2) is 8.42 Å². The van der Waals surface area contributed by atoms with Gasteiger partial charge >= 0.3 is 0 Å². The summed E-state index contributed by atoms with van der Waals surface area (Å²) in [6, 6.07) is 24.5. The van der Waals surface area contributed by atoms with E-state index in [0.717, 1.165) is 16.7 Å². The normalized spacial score (nSPS) is 11.5. The summed E-state index contributed by atoms with van der Waals surface area (Å²) in [5.74, 6) is 0. The number of sulfonamides is 1. The number of aryl methyl sites for hydroxylation is 1. The van der Waals surface area contributed by atoms with Crippen molar-refractivity contribution in [2.45, 2.75) is 18.2 Å². The fourth-order valence-electron chi connectivity index (χ4n) is 3.02. The molecule has 0 aliphatic carbocycles. The summed E-state index contributed by atoms with van der Waals surface area (Å²) < 4.78 is 28.4. The predicted molar refractivity (Wildman–Crippen MR) is 122 cm³/mol. The summed E-state index contributed by atoms with van der Waals surface area (Å²) in [5.41, 5.74) is 3.58. The highest BCUT2D eigenvalue weighted by atomic mass is 32.2. The second-order valence-corrected chi connectivity index (χ2v) is 8.63. The number of para-hydroxylation sites is 1. The molecule has 0 atom stereocenters. The zero-order valence-corrected chi connectivity index (χ0v) is 17.3. The molecule has 4 heteroatoms. The molecule has 0 aliphatic rings. The maximum Gasteiger partial charge on any atom is 0.264 e. The van der Waals surface area contributed by atoms with E-state index in [-0.39, 0.29) is 4.90 Å². The van der Waals surface area contributed by atoms with Crippen molar-refractivity contribution in [2.24, 2.45) is 0 Å². The second kappa shape index (κ2) is 9.39. The quantitative estimate of drug-likeness (QED) is 0.345. The average molecular weight is 404 g/mol. The molecule has 0 saturated carbocycles. The molecular weight excluding hydrogens is 378 g/mol. The van der Waals surface area contributed by atoms with Crippen LogP contribution in [0.2, 0.25) is 0 Å². The molecule has 0 amide bonds. The van der Waals surface area contributed by atoms with E-state index in [1.165, 1.54) is 4.31 Å². The van der Waals surface area contributed by atoms with Gasteiger partial charge in [0.1, 0.15) is 0 Å². The van der Waals surface area contributed by atoms with Crippen LogP contribution in [0.4, 0.5) is 5.69 Å². The molecule has 0 aliphatic heterocycles. The smallest absolute Gasteiger partial charge is 0.264 e. The first-order chi connectivity index (χ1) is 14.0. The summed E-state index contributed by atoms with van der Waals surface area (Å²) in [7, 11) is -3.70. The van der Waals surface area contributed by atoms with Gasteiger partial charge in [-0.1, -0.05) is 84.5 Å². The van der Waals surface area contributed by atoms with E-state index in [1.54, 1.807) is 18.2 Å². The Labute approximate surface area is 173 Å². The average Bonchev–Trinajstić information content (AvgIpc) is 2.74. The van der Waals surface area contributed by atoms with Gasteiger partial charge in [0, 0.05) is 6.54 Å². The van der Waals surface area contributed by atoms with Crippen LogP contribution in [0.1, 0.15) is 23.1 Å². The SMILES string of the molecule is C=CCCN(c1ccccc1C=Cc1ccccc1)S(=O)(=O)c1ccc(C)cc1. The van der Waals surface area contributed by atoms with E-state index in [9.17, 15) is 8.42 Å². The van der Waals surface area contributed by atoms with Crippen LogP contribution in [0, 0.1) is 6.92 Å². The number of hydrogen-bond donors (Lipinski definition) is 0. The van der Waals surface area contributed by atoms with Gasteiger partial charge in [-0.3, -0.25) is 4.31 Å². The van der Waals surface area contributed by atoms with E-state index in [4.69, 9.17) is 0 Å². The van der Waals surface area contributed by atoms with Gasteiger partial charge in [0.2, 0.25) is 0 Å². The summed E-state index contributed by atoms with van der Waals surface area (Å²) in [6.45, 7) is 6.02. The molecule has 0 fully saturated rings. The zero-order chi connectivity index (χ0) is 20.7. The van der Waals surface area contributed by atoms with Crippen LogP contribution >= 0.6 is 0 Å². The summed E-state index contributed by atoms with van der Waals surface area (Å²) in [5, 5.41) is 0. The number of nitrogens with zero attached hydrogens (tertiary/aromatic N) is 1. The van der Waals surface area contributed by atoms with Crippen molar-refractivity contribution in [3.63, 3.8) is 0 Å². The minimum atomic E-state index is -3.70. The molecule has 0 bridgehead atoms. The van der Waals surface area contributed by atoms with E-state index in [1.807, 2.05) is 85.8 Å². The molecule has 3 nitrogen and oxygen atoms in total. The monoisotopic (exact) mass is 403 g/mol. The molecule has 29 heavy (non-hydrogen) atoms. The maximum absolute atomic E-state index is 13.4. The van der Waals surface area contributed by atoms with Crippen molar-refractivity contribution in [3.8, 4) is 0 Å². The van der Waals surface area contributed by atoms with E-state index >= 15 is 0 Å². The van der Waals surface area contributed by atoms with Crippen molar-refractivity contribution in [1.29, 1.82) is 0 Å². The van der Waals surface area contributed by atoms with Gasteiger partial charge in [-0.05, 0) is 42.7 Å². The van der Waals surface area contributed by atoms with Crippen LogP contribution in [0.25, 0.3) is 12.2 Å². The third-order valence-electron chi connectivity index (χ3n) is 4.61. The molecule has 0 heterocycles. The summed E-state index contributed by atoms with van der Waals surface area (Å²) >= 11 is 0. The van der Waals surface area contributed by atoms with E-state index < -0.39 is 10.0 Å². The fraction of sp³-hybridized carbons (Fsp3) is 0.120. The van der Waals surface area contributed by atoms with Crippen molar-refractivity contribution >= 4 is 27.9 Å². The zero-order valence-electron chi connectivity index (χ0n) is 16.5. The van der Waals surface area contributed by atoms with Crippen molar-refractivity contribution in [1.82, 2.24) is 0 Å². The lowest BCUT2D eigenvalue weighted by Crippen LogP contribution is -2.32. The molecule has 0 radical (unpaired) electrons. The van der Waals surface area contributed by atoms with Crippen LogP contribution < -0.4 is 4.31 Å². The largest absolute Gasteiger partial charge is 0.265 e. The van der Waals surface area contributed by atoms with E-state index in [0.29, 0.717) is 18.7 Å². The Balaban J connectivity index is 2.04. The first-order valence-corrected chi connectivity index (χ1v) is 11.0. The highest BCUT2D eigenvalue weighted by Gasteiger charge is 2.25. The van der Waals surface area contributed by atoms with Gasteiger partial charge in [0.25, 0.3) is 10.0 Å². The van der Waals surface area contributed by atoms with Crippen LogP contribution in [-0.2, 0) is 10.0 Å². The predicted octanol–water partition coefficient (Wildman–Crippen LogP) is 5.94. The number of anilines is 1. The van der Waals surface area contributed by atoms with E-state index in [2.05, 4.69) is 6.58 Å². The first-order valence-electron chi connectivity index (χ1n) is 9.55. The van der Waals surface area contributed by atoms with Gasteiger partial charge in [-0.2, -0.15) is 0 Å². The Morgan fingerprint density at radius 1 is 0.862 bits per heavy atom. The van der Waals surface area contributed by atoms with Gasteiger partial charge in [-0.15, -0.1) is 6.58 Å². The van der Waals surface area contributed by atoms with Crippen LogP contribution in [-0.4, -0.2) is 15.0 Å². The Bertz CT molecular complexity index is 1090. The van der Waals surface area contributed by atoms with Gasteiger partial charge in [0.15, 0.2) is 0 Å². The number of benzene rings is 3. The molecule has 3 aromatic rings. The first kappa shape index (κ1) is 20.6. The van der Waals surface area contributed by atoms with Crippen LogP contribution in [0.3, 0.4) is 0 Å². The topological polar surface area (TPSA) is 37.4 Å². The molecule has 0 unspecified atom stereocenters. The lowest BCUT2D eigenvalue weighted by atomic mass is 10.1.